The molecule has 1 rings (SSSR count). The Morgan fingerprint density at radius 2 is 2.00 bits per heavy atom. The fourth-order valence-electron chi connectivity index (χ4n) is 0.585. The molecule has 0 fully saturated rings. The Bertz CT molecular complexity index is 259. The van der Waals surface area contributed by atoms with Crippen molar-refractivity contribution in [1.29, 1.82) is 0 Å². The molecule has 1 aromatic rings. The molecule has 1 aromatic carbocycles. The summed E-state index contributed by atoms with van der Waals surface area (Å²) in [6.45, 7) is 0. The van der Waals surface area contributed by atoms with Crippen LogP contribution in [0.25, 0.3) is 0 Å². The van der Waals surface area contributed by atoms with E-state index < -0.39 is 0 Å². The molecule has 0 radical (unpaired) electrons. The van der Waals surface area contributed by atoms with Gasteiger partial charge in [-0.1, -0.05) is 0 Å². The first-order valence-electron chi connectivity index (χ1n) is 2.59. The number of phenols is 2. The van der Waals surface area contributed by atoms with Crippen LogP contribution in [0.5, 0.6) is 11.5 Å². The predicted octanol–water partition coefficient (Wildman–Crippen LogP) is 1.01. The first-order valence-corrected chi connectivity index (χ1v) is 3.40. The van der Waals surface area contributed by atoms with Gasteiger partial charge in [0.1, 0.15) is 11.5 Å². The lowest BCUT2D eigenvalue weighted by Crippen LogP contribution is -1.89. The largest absolute Gasteiger partial charge is 0.508 e. The Morgan fingerprint density at radius 3 is 2.50 bits per heavy atom. The molecule has 0 spiro atoms. The van der Waals surface area contributed by atoms with Crippen LogP contribution in [-0.2, 0) is 4.57 Å². The van der Waals surface area contributed by atoms with Crippen molar-refractivity contribution in [2.24, 2.45) is 0 Å². The molecule has 0 saturated heterocycles. The summed E-state index contributed by atoms with van der Waals surface area (Å²) in [5.41, 5.74) is 0. The van der Waals surface area contributed by atoms with E-state index in [4.69, 9.17) is 10.2 Å². The summed E-state index contributed by atoms with van der Waals surface area (Å²) in [4.78, 5) is 0. The van der Waals surface area contributed by atoms with E-state index in [0.717, 1.165) is 0 Å². The van der Waals surface area contributed by atoms with Crippen molar-refractivity contribution >= 4 is 13.8 Å². The molecule has 10 heavy (non-hydrogen) atoms. The van der Waals surface area contributed by atoms with Crippen LogP contribution in [0.4, 0.5) is 0 Å². The van der Waals surface area contributed by atoms with Crippen LogP contribution in [-0.4, -0.2) is 10.2 Å². The molecule has 3 nitrogen and oxygen atoms in total. The minimum Gasteiger partial charge on any atom is -0.508 e. The minimum atomic E-state index is -0.293. The first-order chi connectivity index (χ1) is 4.74. The van der Waals surface area contributed by atoms with Crippen LogP contribution in [0.1, 0.15) is 0 Å². The quantitative estimate of drug-likeness (QED) is 0.471. The number of aromatic hydroxyl groups is 2. The van der Waals surface area contributed by atoms with Crippen LogP contribution < -0.4 is 5.30 Å². The highest BCUT2D eigenvalue weighted by molar-refractivity contribution is 7.34. The zero-order chi connectivity index (χ0) is 7.56. The molecule has 0 bridgehead atoms. The van der Waals surface area contributed by atoms with E-state index in [-0.39, 0.29) is 25.3 Å². The molecule has 4 heteroatoms. The van der Waals surface area contributed by atoms with Crippen LogP contribution in [0.3, 0.4) is 0 Å². The van der Waals surface area contributed by atoms with Crippen LogP contribution in [0.15, 0.2) is 18.2 Å². The molecule has 0 aliphatic heterocycles. The zero-order valence-electron chi connectivity index (χ0n) is 4.98. The molecule has 0 saturated carbocycles. The average Bonchev–Trinajstić information content (AvgIpc) is 1.94. The van der Waals surface area contributed by atoms with Gasteiger partial charge in [-0.25, -0.2) is 0 Å². The summed E-state index contributed by atoms with van der Waals surface area (Å²) < 4.78 is 10.2. The number of rotatable bonds is 1. The Morgan fingerprint density at radius 1 is 1.30 bits per heavy atom. The summed E-state index contributed by atoms with van der Waals surface area (Å²) in [6.07, 6.45) is 0. The van der Waals surface area contributed by atoms with E-state index in [9.17, 15) is 4.57 Å². The van der Waals surface area contributed by atoms with Gasteiger partial charge in [0, 0.05) is 0 Å². The van der Waals surface area contributed by atoms with Gasteiger partial charge < -0.3 is 10.2 Å². The molecule has 0 aliphatic rings. The molecule has 2 N–H and O–H groups in total. The highest BCUT2D eigenvalue weighted by Crippen LogP contribution is 2.16. The fraction of sp³-hybridized carbons (Fsp3) is 0. The molecular weight excluding hydrogens is 151 g/mol. The number of phenolic OH excluding ortho intramolecular Hbond substituents is 2. The monoisotopic (exact) mass is 156 g/mol. The topological polar surface area (TPSA) is 57.5 Å². The van der Waals surface area contributed by atoms with Gasteiger partial charge in [0.05, 0.1) is 5.30 Å². The average molecular weight is 156 g/mol. The second-order valence-electron chi connectivity index (χ2n) is 1.76. The standard InChI is InChI=1S/C6H5O3P/c7-4-1-2-5(8)6(3-4)10-9/h1-3,7-8H. The fourth-order valence-corrected chi connectivity index (χ4v) is 0.938. The second kappa shape index (κ2) is 2.67. The van der Waals surface area contributed by atoms with Crippen LogP contribution >= 0.6 is 8.46 Å². The smallest absolute Gasteiger partial charge is 0.196 e. The van der Waals surface area contributed by atoms with Gasteiger partial charge in [0.25, 0.3) is 0 Å². The van der Waals surface area contributed by atoms with Crippen molar-refractivity contribution in [2.75, 3.05) is 0 Å². The maximum absolute atomic E-state index is 10.2. The highest BCUT2D eigenvalue weighted by atomic mass is 31.1. The normalized spacial score (nSPS) is 10.0. The van der Waals surface area contributed by atoms with Gasteiger partial charge in [-0.3, -0.25) is 4.57 Å². The lowest BCUT2D eigenvalue weighted by Gasteiger charge is -1.94. The zero-order valence-corrected chi connectivity index (χ0v) is 5.88. The molecule has 0 aromatic heterocycles. The Balaban J connectivity index is 3.21. The lowest BCUT2D eigenvalue weighted by molar-refractivity contribution is 0.463. The third kappa shape index (κ3) is 1.25. The van der Waals surface area contributed by atoms with E-state index in [0.29, 0.717) is 0 Å². The molecule has 0 atom stereocenters. The van der Waals surface area contributed by atoms with Crippen molar-refractivity contribution < 1.29 is 14.8 Å². The third-order valence-electron chi connectivity index (χ3n) is 1.06. The van der Waals surface area contributed by atoms with Crippen LogP contribution in [0, 0.1) is 0 Å². The maximum atomic E-state index is 10.2. The van der Waals surface area contributed by atoms with Gasteiger partial charge in [-0.2, -0.15) is 0 Å². The molecule has 52 valence electrons. The first kappa shape index (κ1) is 7.03. The van der Waals surface area contributed by atoms with E-state index in [1.165, 1.54) is 18.2 Å². The Labute approximate surface area is 59.1 Å². The van der Waals surface area contributed by atoms with Crippen molar-refractivity contribution in [1.82, 2.24) is 0 Å². The van der Waals surface area contributed by atoms with Crippen LogP contribution in [0.2, 0.25) is 0 Å². The molecule has 0 amide bonds. The van der Waals surface area contributed by atoms with Gasteiger partial charge >= 0.3 is 0 Å². The molecular formula is C6H5O3P. The van der Waals surface area contributed by atoms with Gasteiger partial charge in [-0.05, 0) is 18.2 Å². The molecule has 0 unspecified atom stereocenters. The maximum Gasteiger partial charge on any atom is 0.196 e. The summed E-state index contributed by atoms with van der Waals surface area (Å²) in [7, 11) is -0.293. The minimum absolute atomic E-state index is 0.00356. The van der Waals surface area contributed by atoms with E-state index in [1.807, 2.05) is 0 Å². The number of hydrogen-bond acceptors (Lipinski definition) is 3. The molecule has 0 heterocycles. The number of hydrogen-bond donors (Lipinski definition) is 2. The summed E-state index contributed by atoms with van der Waals surface area (Å²) in [6, 6.07) is 3.85. The van der Waals surface area contributed by atoms with E-state index >= 15 is 0 Å². The molecule has 0 aliphatic carbocycles. The predicted molar refractivity (Wildman–Crippen MR) is 37.0 cm³/mol. The third-order valence-corrected chi connectivity index (χ3v) is 1.61. The number of benzene rings is 1. The lowest BCUT2D eigenvalue weighted by atomic mass is 10.3. The SMILES string of the molecule is O=Pc1cc(O)ccc1O. The van der Waals surface area contributed by atoms with Gasteiger partial charge in [0.15, 0.2) is 8.46 Å². The Hall–Kier alpha value is -1.08. The summed E-state index contributed by atoms with van der Waals surface area (Å²) >= 11 is 0. The Kier molecular flexibility index (Phi) is 1.88. The van der Waals surface area contributed by atoms with Crippen molar-refractivity contribution in [2.45, 2.75) is 0 Å². The van der Waals surface area contributed by atoms with Gasteiger partial charge in [0.2, 0.25) is 0 Å². The van der Waals surface area contributed by atoms with Crippen molar-refractivity contribution in [3.8, 4) is 11.5 Å². The van der Waals surface area contributed by atoms with Gasteiger partial charge in [-0.15, -0.1) is 0 Å². The second-order valence-corrected chi connectivity index (χ2v) is 2.43. The summed E-state index contributed by atoms with van der Waals surface area (Å²) in [5, 5.41) is 17.9. The van der Waals surface area contributed by atoms with Crippen molar-refractivity contribution in [3.05, 3.63) is 18.2 Å². The summed E-state index contributed by atoms with van der Waals surface area (Å²) in [5.74, 6) is -0.0781. The van der Waals surface area contributed by atoms with Crippen molar-refractivity contribution in [3.63, 3.8) is 0 Å². The highest BCUT2D eigenvalue weighted by Gasteiger charge is 1.99. The van der Waals surface area contributed by atoms with E-state index in [2.05, 4.69) is 0 Å². The van der Waals surface area contributed by atoms with E-state index in [1.54, 1.807) is 0 Å².